The van der Waals surface area contributed by atoms with Crippen LogP contribution in [-0.4, -0.2) is 23.5 Å². The summed E-state index contributed by atoms with van der Waals surface area (Å²) in [5, 5.41) is 0.524. The first kappa shape index (κ1) is 16.7. The molecule has 2 N–H and O–H groups in total. The first-order valence-electron chi connectivity index (χ1n) is 7.90. The Hall–Kier alpha value is -0.640. The van der Waals surface area contributed by atoms with Gasteiger partial charge in [-0.2, -0.15) is 0 Å². The molecule has 1 aliphatic carbocycles. The molecule has 1 aromatic carbocycles. The van der Waals surface area contributed by atoms with Gasteiger partial charge in [0, 0.05) is 35.8 Å². The van der Waals surface area contributed by atoms with Gasteiger partial charge in [-0.15, -0.1) is 0 Å². The van der Waals surface area contributed by atoms with Crippen molar-refractivity contribution in [1.29, 1.82) is 0 Å². The van der Waals surface area contributed by atoms with Crippen molar-refractivity contribution in [2.24, 2.45) is 11.7 Å². The van der Waals surface area contributed by atoms with E-state index in [1.54, 1.807) is 12.1 Å². The van der Waals surface area contributed by atoms with Crippen LogP contribution in [0.2, 0.25) is 5.02 Å². The summed E-state index contributed by atoms with van der Waals surface area (Å²) in [7, 11) is 0. The van der Waals surface area contributed by atoms with Crippen LogP contribution < -0.4 is 5.73 Å². The molecule has 0 aliphatic heterocycles. The van der Waals surface area contributed by atoms with Gasteiger partial charge in [-0.05, 0) is 43.7 Å². The van der Waals surface area contributed by atoms with Crippen molar-refractivity contribution in [2.45, 2.75) is 58.2 Å². The lowest BCUT2D eigenvalue weighted by molar-refractivity contribution is 0.125. The molecular formula is C17H26ClFN2. The average molecular weight is 313 g/mol. The summed E-state index contributed by atoms with van der Waals surface area (Å²) in [5.74, 6) is 0.343. The molecule has 0 radical (unpaired) electrons. The van der Waals surface area contributed by atoms with Crippen LogP contribution in [0.5, 0.6) is 0 Å². The summed E-state index contributed by atoms with van der Waals surface area (Å²) >= 11 is 6.19. The fourth-order valence-corrected chi connectivity index (χ4v) is 3.39. The second-order valence-electron chi connectivity index (χ2n) is 6.59. The summed E-state index contributed by atoms with van der Waals surface area (Å²) < 4.78 is 14.0. The number of halogens is 2. The van der Waals surface area contributed by atoms with E-state index >= 15 is 0 Å². The van der Waals surface area contributed by atoms with Gasteiger partial charge in [0.2, 0.25) is 0 Å². The number of rotatable bonds is 5. The summed E-state index contributed by atoms with van der Waals surface area (Å²) in [5.41, 5.74) is 6.62. The van der Waals surface area contributed by atoms with Crippen LogP contribution in [0.25, 0.3) is 0 Å². The Kier molecular flexibility index (Phi) is 6.03. The average Bonchev–Trinajstić information content (AvgIpc) is 2.42. The lowest BCUT2D eigenvalue weighted by Crippen LogP contribution is -2.42. The van der Waals surface area contributed by atoms with Crippen molar-refractivity contribution in [1.82, 2.24) is 4.90 Å². The van der Waals surface area contributed by atoms with Crippen LogP contribution in [0.15, 0.2) is 18.2 Å². The second-order valence-corrected chi connectivity index (χ2v) is 7.00. The third kappa shape index (κ3) is 4.67. The maximum absolute atomic E-state index is 14.0. The molecule has 0 spiro atoms. The van der Waals surface area contributed by atoms with Crippen LogP contribution >= 0.6 is 11.6 Å². The molecule has 0 amide bonds. The van der Waals surface area contributed by atoms with Crippen molar-refractivity contribution in [3.8, 4) is 0 Å². The molecule has 1 saturated carbocycles. The standard InChI is InChI=1S/C17H26ClFN2/c1-12(2)10-21(14-8-6-13(20)7-9-14)11-15-16(18)4-3-5-17(15)19/h3-5,12-14H,6-11,20H2,1-2H3. The van der Waals surface area contributed by atoms with Crippen LogP contribution in [0.1, 0.15) is 45.1 Å². The van der Waals surface area contributed by atoms with Gasteiger partial charge in [0.05, 0.1) is 0 Å². The number of nitrogens with zero attached hydrogens (tertiary/aromatic N) is 1. The van der Waals surface area contributed by atoms with Crippen molar-refractivity contribution in [3.63, 3.8) is 0 Å². The highest BCUT2D eigenvalue weighted by Gasteiger charge is 2.26. The Balaban J connectivity index is 2.12. The van der Waals surface area contributed by atoms with Crippen molar-refractivity contribution in [3.05, 3.63) is 34.6 Å². The highest BCUT2D eigenvalue weighted by Crippen LogP contribution is 2.27. The minimum Gasteiger partial charge on any atom is -0.328 e. The van der Waals surface area contributed by atoms with Gasteiger partial charge in [-0.25, -0.2) is 4.39 Å². The minimum atomic E-state index is -0.205. The first-order valence-corrected chi connectivity index (χ1v) is 8.27. The molecule has 0 unspecified atom stereocenters. The van der Waals surface area contributed by atoms with E-state index in [1.165, 1.54) is 6.07 Å². The van der Waals surface area contributed by atoms with Gasteiger partial charge in [-0.1, -0.05) is 31.5 Å². The zero-order valence-electron chi connectivity index (χ0n) is 13.0. The number of benzene rings is 1. The summed E-state index contributed by atoms with van der Waals surface area (Å²) in [4.78, 5) is 2.39. The van der Waals surface area contributed by atoms with Crippen LogP contribution in [0, 0.1) is 11.7 Å². The molecule has 4 heteroatoms. The van der Waals surface area contributed by atoms with Gasteiger partial charge in [0.15, 0.2) is 0 Å². The largest absolute Gasteiger partial charge is 0.328 e. The molecule has 0 aromatic heterocycles. The lowest BCUT2D eigenvalue weighted by atomic mass is 9.90. The third-order valence-corrected chi connectivity index (χ3v) is 4.63. The molecule has 1 aromatic rings. The Morgan fingerprint density at radius 1 is 1.29 bits per heavy atom. The van der Waals surface area contributed by atoms with Crippen LogP contribution in [0.4, 0.5) is 4.39 Å². The molecule has 0 bridgehead atoms. The van der Waals surface area contributed by atoms with Gasteiger partial charge < -0.3 is 5.73 Å². The molecule has 2 rings (SSSR count). The number of hydrogen-bond acceptors (Lipinski definition) is 2. The maximum atomic E-state index is 14.0. The molecule has 1 aliphatic rings. The van der Waals surface area contributed by atoms with Crippen molar-refractivity contribution < 1.29 is 4.39 Å². The predicted molar refractivity (Wildman–Crippen MR) is 86.9 cm³/mol. The normalized spacial score (nSPS) is 23.0. The molecule has 0 heterocycles. The smallest absolute Gasteiger partial charge is 0.129 e. The fraction of sp³-hybridized carbons (Fsp3) is 0.647. The van der Waals surface area contributed by atoms with Crippen LogP contribution in [0.3, 0.4) is 0 Å². The van der Waals surface area contributed by atoms with E-state index in [4.69, 9.17) is 17.3 Å². The van der Waals surface area contributed by atoms with Crippen molar-refractivity contribution in [2.75, 3.05) is 6.54 Å². The molecule has 1 fully saturated rings. The predicted octanol–water partition coefficient (Wildman–Crippen LogP) is 4.21. The Morgan fingerprint density at radius 2 is 1.95 bits per heavy atom. The lowest BCUT2D eigenvalue weighted by Gasteiger charge is -2.37. The highest BCUT2D eigenvalue weighted by molar-refractivity contribution is 6.31. The SMILES string of the molecule is CC(C)CN(Cc1c(F)cccc1Cl)C1CCC(N)CC1. The zero-order chi connectivity index (χ0) is 15.4. The van der Waals surface area contributed by atoms with E-state index in [2.05, 4.69) is 18.7 Å². The van der Waals surface area contributed by atoms with Crippen molar-refractivity contribution >= 4 is 11.6 Å². The topological polar surface area (TPSA) is 29.3 Å². The zero-order valence-corrected chi connectivity index (χ0v) is 13.7. The summed E-state index contributed by atoms with van der Waals surface area (Å²) in [6.07, 6.45) is 4.31. The van der Waals surface area contributed by atoms with E-state index in [9.17, 15) is 4.39 Å². The molecule has 118 valence electrons. The van der Waals surface area contributed by atoms with E-state index in [0.29, 0.717) is 35.1 Å². The Labute approximate surface area is 132 Å². The third-order valence-electron chi connectivity index (χ3n) is 4.28. The van der Waals surface area contributed by atoms with Gasteiger partial charge >= 0.3 is 0 Å². The number of hydrogen-bond donors (Lipinski definition) is 1. The number of nitrogens with two attached hydrogens (primary N) is 1. The summed E-state index contributed by atoms with van der Waals surface area (Å²) in [6.45, 7) is 5.95. The minimum absolute atomic E-state index is 0.205. The molecule has 0 atom stereocenters. The van der Waals surface area contributed by atoms with E-state index in [0.717, 1.165) is 32.2 Å². The van der Waals surface area contributed by atoms with Crippen LogP contribution in [-0.2, 0) is 6.54 Å². The fourth-order valence-electron chi connectivity index (χ4n) is 3.16. The van der Waals surface area contributed by atoms with E-state index in [-0.39, 0.29) is 5.82 Å². The second kappa shape index (κ2) is 7.57. The van der Waals surface area contributed by atoms with Gasteiger partial charge in [-0.3, -0.25) is 4.90 Å². The quantitative estimate of drug-likeness (QED) is 0.882. The summed E-state index contributed by atoms with van der Waals surface area (Å²) in [6, 6.07) is 5.74. The molecule has 0 saturated heterocycles. The van der Waals surface area contributed by atoms with E-state index < -0.39 is 0 Å². The molecular weight excluding hydrogens is 287 g/mol. The molecule has 21 heavy (non-hydrogen) atoms. The maximum Gasteiger partial charge on any atom is 0.129 e. The molecule has 2 nitrogen and oxygen atoms in total. The van der Waals surface area contributed by atoms with Gasteiger partial charge in [0.25, 0.3) is 0 Å². The first-order chi connectivity index (χ1) is 9.97. The highest BCUT2D eigenvalue weighted by atomic mass is 35.5. The monoisotopic (exact) mass is 312 g/mol. The Bertz CT molecular complexity index is 436. The van der Waals surface area contributed by atoms with Gasteiger partial charge in [0.1, 0.15) is 5.82 Å². The Morgan fingerprint density at radius 3 is 2.52 bits per heavy atom. The van der Waals surface area contributed by atoms with E-state index in [1.807, 2.05) is 0 Å².